The zero-order valence-electron chi connectivity index (χ0n) is 10.6. The van der Waals surface area contributed by atoms with Gasteiger partial charge in [-0.2, -0.15) is 0 Å². The minimum absolute atomic E-state index is 0.495. The van der Waals surface area contributed by atoms with Gasteiger partial charge in [-0.3, -0.25) is 9.98 Å². The van der Waals surface area contributed by atoms with E-state index >= 15 is 0 Å². The number of aryl methyl sites for hydroxylation is 1. The van der Waals surface area contributed by atoms with E-state index in [1.807, 2.05) is 24.3 Å². The summed E-state index contributed by atoms with van der Waals surface area (Å²) in [6, 6.07) is 12.1. The van der Waals surface area contributed by atoms with Crippen LogP contribution in [-0.2, 0) is 0 Å². The summed E-state index contributed by atoms with van der Waals surface area (Å²) in [5.41, 5.74) is 5.01. The van der Waals surface area contributed by atoms with Gasteiger partial charge in [0, 0.05) is 17.4 Å². The Bertz CT molecular complexity index is 662. The van der Waals surface area contributed by atoms with Crippen molar-refractivity contribution in [1.29, 1.82) is 0 Å². The molecule has 0 bridgehead atoms. The van der Waals surface area contributed by atoms with Crippen molar-refractivity contribution in [2.75, 3.05) is 11.9 Å². The fraction of sp³-hybridized carbons (Fsp3) is 0.133. The number of fused-ring (bicyclic) bond motifs is 1. The van der Waals surface area contributed by atoms with Crippen LogP contribution in [0.15, 0.2) is 47.6 Å². The van der Waals surface area contributed by atoms with Crippen molar-refractivity contribution in [1.82, 2.24) is 4.98 Å². The van der Waals surface area contributed by atoms with Crippen molar-refractivity contribution >= 4 is 28.6 Å². The first-order chi connectivity index (χ1) is 9.24. The number of nitrogens with one attached hydrogen (secondary N) is 1. The minimum Gasteiger partial charge on any atom is -0.348 e. The average molecular weight is 267 g/mol. The largest absolute Gasteiger partial charge is 0.348 e. The van der Waals surface area contributed by atoms with E-state index in [2.05, 4.69) is 34.3 Å². The Labute approximate surface area is 117 Å². The Balaban J connectivity index is 2.20. The smallest absolute Gasteiger partial charge is 0.102 e. The van der Waals surface area contributed by atoms with E-state index in [0.717, 1.165) is 27.6 Å². The number of benzodiazepines with no additional fused rings is 1. The highest BCUT2D eigenvalue weighted by atomic mass is 32.1. The molecule has 2 aromatic rings. The molecular formula is C15H13N3S. The van der Waals surface area contributed by atoms with Crippen LogP contribution in [0.25, 0.3) is 0 Å². The molecule has 1 aromatic heterocycles. The minimum atomic E-state index is 0.495. The number of aromatic nitrogens is 1. The quantitative estimate of drug-likeness (QED) is 0.807. The average Bonchev–Trinajstić information content (AvgIpc) is 2.58. The molecule has 19 heavy (non-hydrogen) atoms. The van der Waals surface area contributed by atoms with Crippen LogP contribution in [0.1, 0.15) is 16.8 Å². The molecule has 0 unspecified atom stereocenters. The maximum atomic E-state index is 5.27. The molecule has 0 saturated carbocycles. The molecule has 2 heterocycles. The standard InChI is InChI=1S/C15H13N3S/c1-10-5-6-12-11(8-10)15(17-9-14(19)18-12)13-4-2-3-7-16-13/h2-8H,9H2,1H3,(H,18,19). The molecule has 0 radical (unpaired) electrons. The number of hydrogen-bond acceptors (Lipinski definition) is 3. The van der Waals surface area contributed by atoms with Gasteiger partial charge in [-0.05, 0) is 31.2 Å². The van der Waals surface area contributed by atoms with E-state index in [0.29, 0.717) is 6.54 Å². The molecule has 1 N–H and O–H groups in total. The molecular weight excluding hydrogens is 254 g/mol. The lowest BCUT2D eigenvalue weighted by molar-refractivity contribution is 1.25. The summed E-state index contributed by atoms with van der Waals surface area (Å²) < 4.78 is 0. The van der Waals surface area contributed by atoms with Gasteiger partial charge in [0.05, 0.1) is 18.0 Å². The molecule has 4 heteroatoms. The number of pyridine rings is 1. The van der Waals surface area contributed by atoms with Crippen LogP contribution in [0.5, 0.6) is 0 Å². The third-order valence-corrected chi connectivity index (χ3v) is 3.22. The summed E-state index contributed by atoms with van der Waals surface area (Å²) in [4.78, 5) is 9.74. The van der Waals surface area contributed by atoms with Gasteiger partial charge in [-0.1, -0.05) is 29.9 Å². The zero-order valence-corrected chi connectivity index (χ0v) is 11.4. The van der Waals surface area contributed by atoms with Crippen LogP contribution in [0.4, 0.5) is 5.69 Å². The lowest BCUT2D eigenvalue weighted by Crippen LogP contribution is -2.11. The van der Waals surface area contributed by atoms with Crippen LogP contribution in [0, 0.1) is 6.92 Å². The molecule has 1 aromatic carbocycles. The van der Waals surface area contributed by atoms with Crippen molar-refractivity contribution in [3.63, 3.8) is 0 Å². The van der Waals surface area contributed by atoms with E-state index in [-0.39, 0.29) is 0 Å². The molecule has 0 aliphatic carbocycles. The van der Waals surface area contributed by atoms with Gasteiger partial charge in [-0.25, -0.2) is 0 Å². The molecule has 0 spiro atoms. The summed E-state index contributed by atoms with van der Waals surface area (Å²) in [7, 11) is 0. The Kier molecular flexibility index (Phi) is 3.09. The molecule has 1 aliphatic heterocycles. The van der Waals surface area contributed by atoms with Crippen molar-refractivity contribution in [3.05, 3.63) is 59.4 Å². The fourth-order valence-corrected chi connectivity index (χ4v) is 2.29. The normalized spacial score (nSPS) is 14.2. The van der Waals surface area contributed by atoms with Crippen LogP contribution in [0.3, 0.4) is 0 Å². The number of hydrogen-bond donors (Lipinski definition) is 1. The van der Waals surface area contributed by atoms with E-state index in [4.69, 9.17) is 12.2 Å². The second-order valence-corrected chi connectivity index (χ2v) is 4.97. The van der Waals surface area contributed by atoms with Crippen LogP contribution < -0.4 is 5.32 Å². The maximum absolute atomic E-state index is 5.27. The maximum Gasteiger partial charge on any atom is 0.102 e. The van der Waals surface area contributed by atoms with Crippen molar-refractivity contribution in [2.45, 2.75) is 6.92 Å². The molecule has 3 nitrogen and oxygen atoms in total. The monoisotopic (exact) mass is 267 g/mol. The van der Waals surface area contributed by atoms with E-state index < -0.39 is 0 Å². The predicted octanol–water partition coefficient (Wildman–Crippen LogP) is 2.98. The van der Waals surface area contributed by atoms with E-state index in [1.54, 1.807) is 6.20 Å². The Morgan fingerprint density at radius 1 is 1.21 bits per heavy atom. The Morgan fingerprint density at radius 3 is 2.89 bits per heavy atom. The number of anilines is 1. The lowest BCUT2D eigenvalue weighted by atomic mass is 10.0. The van der Waals surface area contributed by atoms with Crippen LogP contribution in [-0.4, -0.2) is 22.2 Å². The number of rotatable bonds is 1. The fourth-order valence-electron chi connectivity index (χ4n) is 2.11. The van der Waals surface area contributed by atoms with Gasteiger partial charge >= 0.3 is 0 Å². The van der Waals surface area contributed by atoms with Crippen molar-refractivity contribution in [3.8, 4) is 0 Å². The van der Waals surface area contributed by atoms with Gasteiger partial charge in [0.15, 0.2) is 0 Å². The zero-order chi connectivity index (χ0) is 13.2. The summed E-state index contributed by atoms with van der Waals surface area (Å²) in [6.07, 6.45) is 1.78. The summed E-state index contributed by atoms with van der Waals surface area (Å²) in [6.45, 7) is 2.56. The van der Waals surface area contributed by atoms with Crippen molar-refractivity contribution < 1.29 is 0 Å². The van der Waals surface area contributed by atoms with Gasteiger partial charge in [0.1, 0.15) is 4.99 Å². The van der Waals surface area contributed by atoms with Gasteiger partial charge in [-0.15, -0.1) is 0 Å². The highest BCUT2D eigenvalue weighted by Crippen LogP contribution is 2.23. The number of thiocarbonyl (C=S) groups is 1. The summed E-state index contributed by atoms with van der Waals surface area (Å²) in [5, 5.41) is 3.24. The van der Waals surface area contributed by atoms with Gasteiger partial charge in [0.25, 0.3) is 0 Å². The first kappa shape index (κ1) is 12.0. The number of nitrogens with zero attached hydrogens (tertiary/aromatic N) is 2. The Morgan fingerprint density at radius 2 is 2.11 bits per heavy atom. The molecule has 1 aliphatic rings. The van der Waals surface area contributed by atoms with Gasteiger partial charge in [0.2, 0.25) is 0 Å². The summed E-state index contributed by atoms with van der Waals surface area (Å²) in [5.74, 6) is 0. The molecule has 0 fully saturated rings. The molecule has 94 valence electrons. The summed E-state index contributed by atoms with van der Waals surface area (Å²) >= 11 is 5.27. The Hall–Kier alpha value is -2.07. The third kappa shape index (κ3) is 2.39. The topological polar surface area (TPSA) is 37.3 Å². The first-order valence-corrected chi connectivity index (χ1v) is 6.51. The second kappa shape index (κ2) is 4.90. The number of benzene rings is 1. The SMILES string of the molecule is Cc1ccc2c(c1)C(c1ccccn1)=NCC(=S)N2. The molecule has 3 rings (SSSR count). The van der Waals surface area contributed by atoms with Crippen LogP contribution in [0.2, 0.25) is 0 Å². The van der Waals surface area contributed by atoms with E-state index in [1.165, 1.54) is 5.56 Å². The molecule has 0 saturated heterocycles. The van der Waals surface area contributed by atoms with Crippen molar-refractivity contribution in [2.24, 2.45) is 4.99 Å². The van der Waals surface area contributed by atoms with E-state index in [9.17, 15) is 0 Å². The molecule has 0 atom stereocenters. The predicted molar refractivity (Wildman–Crippen MR) is 82.1 cm³/mol. The number of aliphatic imine (C=N–C) groups is 1. The highest BCUT2D eigenvalue weighted by molar-refractivity contribution is 7.80. The highest BCUT2D eigenvalue weighted by Gasteiger charge is 2.17. The van der Waals surface area contributed by atoms with Crippen LogP contribution >= 0.6 is 12.2 Å². The first-order valence-electron chi connectivity index (χ1n) is 6.11. The second-order valence-electron chi connectivity index (χ2n) is 4.48. The molecule has 0 amide bonds. The third-order valence-electron chi connectivity index (χ3n) is 2.99. The lowest BCUT2D eigenvalue weighted by Gasteiger charge is -2.10. The van der Waals surface area contributed by atoms with Gasteiger partial charge < -0.3 is 5.32 Å².